The molecule has 58 valence electrons. The Labute approximate surface area is 70.0 Å². The number of hydrogen-bond acceptors (Lipinski definition) is 5. The summed E-state index contributed by atoms with van der Waals surface area (Å²) in [5.41, 5.74) is 5.33. The van der Waals surface area contributed by atoms with E-state index in [2.05, 4.69) is 9.73 Å². The molecule has 11 heavy (non-hydrogen) atoms. The summed E-state index contributed by atoms with van der Waals surface area (Å²) in [7, 11) is 6.77. The Hall–Kier alpha value is -0.645. The van der Waals surface area contributed by atoms with Crippen LogP contribution in [0.15, 0.2) is 4.99 Å². The number of thioether (sulfide) groups is 1. The minimum absolute atomic E-state index is 0.341. The first kappa shape index (κ1) is 8.45. The summed E-state index contributed by atoms with van der Waals surface area (Å²) in [6.07, 6.45) is 0. The second-order valence-corrected chi connectivity index (χ2v) is 3.18. The lowest BCUT2D eigenvalue weighted by Gasteiger charge is -2.09. The van der Waals surface area contributed by atoms with Crippen LogP contribution in [-0.2, 0) is 9.53 Å². The van der Waals surface area contributed by atoms with E-state index in [1.807, 2.05) is 0 Å². The molecule has 0 aromatic carbocycles. The highest BCUT2D eigenvalue weighted by Crippen LogP contribution is 2.23. The SMILES string of the molecule is [B]C1N=C(N)SC1C(=O)OC. The molecule has 1 heterocycles. The molecule has 0 aliphatic carbocycles. The first-order chi connectivity index (χ1) is 5.15. The molecule has 0 aromatic heterocycles. The summed E-state index contributed by atoms with van der Waals surface area (Å²) < 4.78 is 4.48. The van der Waals surface area contributed by atoms with Crippen molar-refractivity contribution in [2.24, 2.45) is 10.7 Å². The summed E-state index contributed by atoms with van der Waals surface area (Å²) in [6.45, 7) is 0. The third-order valence-electron chi connectivity index (χ3n) is 1.27. The van der Waals surface area contributed by atoms with Crippen LogP contribution < -0.4 is 5.73 Å². The lowest BCUT2D eigenvalue weighted by Crippen LogP contribution is -2.28. The topological polar surface area (TPSA) is 64.7 Å². The first-order valence-corrected chi connectivity index (χ1v) is 3.86. The van der Waals surface area contributed by atoms with Gasteiger partial charge >= 0.3 is 5.97 Å². The van der Waals surface area contributed by atoms with Gasteiger partial charge in [-0.2, -0.15) is 0 Å². The van der Waals surface area contributed by atoms with Gasteiger partial charge in [0, 0.05) is 5.94 Å². The second-order valence-electron chi connectivity index (χ2n) is 2.02. The number of amidine groups is 1. The van der Waals surface area contributed by atoms with Crippen LogP contribution in [0.4, 0.5) is 0 Å². The lowest BCUT2D eigenvalue weighted by atomic mass is 9.94. The summed E-state index contributed by atoms with van der Waals surface area (Å²) in [6, 6.07) is 0. The molecule has 6 heteroatoms. The summed E-state index contributed by atoms with van der Waals surface area (Å²) >= 11 is 1.13. The van der Waals surface area contributed by atoms with E-state index < -0.39 is 11.2 Å². The van der Waals surface area contributed by atoms with Gasteiger partial charge in [0.25, 0.3) is 0 Å². The quantitative estimate of drug-likeness (QED) is 0.408. The Morgan fingerprint density at radius 1 is 1.91 bits per heavy atom. The molecule has 0 spiro atoms. The minimum Gasteiger partial charge on any atom is -0.468 e. The van der Waals surface area contributed by atoms with E-state index in [0.717, 1.165) is 11.8 Å². The van der Waals surface area contributed by atoms with Crippen molar-refractivity contribution in [1.29, 1.82) is 0 Å². The van der Waals surface area contributed by atoms with Gasteiger partial charge in [0.15, 0.2) is 5.17 Å². The average molecular weight is 170 g/mol. The van der Waals surface area contributed by atoms with Crippen LogP contribution in [0, 0.1) is 0 Å². The summed E-state index contributed by atoms with van der Waals surface area (Å²) in [5.74, 6) is -0.945. The monoisotopic (exact) mass is 170 g/mol. The maximum Gasteiger partial charge on any atom is 0.320 e. The van der Waals surface area contributed by atoms with Crippen molar-refractivity contribution in [2.45, 2.75) is 11.2 Å². The predicted octanol–water partition coefficient (Wildman–Crippen LogP) is -0.916. The normalized spacial score (nSPS) is 29.7. The molecule has 2 unspecified atom stereocenters. The number of esters is 1. The average Bonchev–Trinajstić information content (AvgIpc) is 2.28. The van der Waals surface area contributed by atoms with E-state index in [9.17, 15) is 4.79 Å². The maximum atomic E-state index is 10.9. The van der Waals surface area contributed by atoms with Crippen molar-refractivity contribution < 1.29 is 9.53 Å². The molecule has 1 aliphatic rings. The highest BCUT2D eigenvalue weighted by atomic mass is 32.2. The lowest BCUT2D eigenvalue weighted by molar-refractivity contribution is -0.139. The van der Waals surface area contributed by atoms with E-state index in [0.29, 0.717) is 5.17 Å². The van der Waals surface area contributed by atoms with E-state index in [-0.39, 0.29) is 5.97 Å². The van der Waals surface area contributed by atoms with Crippen molar-refractivity contribution in [3.05, 3.63) is 0 Å². The zero-order chi connectivity index (χ0) is 8.43. The number of carbonyl (C=O) groups excluding carboxylic acids is 1. The fraction of sp³-hybridized carbons (Fsp3) is 0.600. The predicted molar refractivity (Wildman–Crippen MR) is 44.6 cm³/mol. The van der Waals surface area contributed by atoms with Crippen molar-refractivity contribution in [1.82, 2.24) is 0 Å². The van der Waals surface area contributed by atoms with Crippen LogP contribution >= 0.6 is 11.8 Å². The van der Waals surface area contributed by atoms with Crippen LogP contribution in [0.5, 0.6) is 0 Å². The zero-order valence-electron chi connectivity index (χ0n) is 5.98. The van der Waals surface area contributed by atoms with Gasteiger partial charge in [-0.25, -0.2) is 0 Å². The van der Waals surface area contributed by atoms with E-state index >= 15 is 0 Å². The standard InChI is InChI=1S/C5H7BN2O2S/c1-10-4(9)2-3(6)8-5(7)11-2/h2-3H,1H3,(H2,7,8). The molecule has 2 radical (unpaired) electrons. The van der Waals surface area contributed by atoms with Gasteiger partial charge in [-0.05, 0) is 0 Å². The molecule has 0 saturated carbocycles. The van der Waals surface area contributed by atoms with Crippen molar-refractivity contribution in [3.8, 4) is 0 Å². The Kier molecular flexibility index (Phi) is 2.43. The molecule has 0 saturated heterocycles. The Bertz CT molecular complexity index is 209. The van der Waals surface area contributed by atoms with Crippen molar-refractivity contribution >= 4 is 30.7 Å². The molecule has 0 aromatic rings. The number of ether oxygens (including phenoxy) is 1. The van der Waals surface area contributed by atoms with E-state index in [1.165, 1.54) is 7.11 Å². The number of nitrogens with zero attached hydrogens (tertiary/aromatic N) is 1. The molecular weight excluding hydrogens is 163 g/mol. The van der Waals surface area contributed by atoms with Crippen LogP contribution in [0.1, 0.15) is 0 Å². The number of rotatable bonds is 1. The smallest absolute Gasteiger partial charge is 0.320 e. The third kappa shape index (κ3) is 1.68. The number of hydrogen-bond donors (Lipinski definition) is 1. The first-order valence-electron chi connectivity index (χ1n) is 2.98. The van der Waals surface area contributed by atoms with E-state index in [4.69, 9.17) is 13.6 Å². The summed E-state index contributed by atoms with van der Waals surface area (Å²) in [5, 5.41) is -0.132. The van der Waals surface area contributed by atoms with Crippen LogP contribution in [0.2, 0.25) is 0 Å². The third-order valence-corrected chi connectivity index (χ3v) is 2.34. The minimum atomic E-state index is -0.563. The number of methoxy groups -OCH3 is 1. The number of aliphatic imine (C=N–C) groups is 1. The van der Waals surface area contributed by atoms with Gasteiger partial charge in [0.05, 0.1) is 7.11 Å². The number of nitrogens with two attached hydrogens (primary N) is 1. The maximum absolute atomic E-state index is 10.9. The zero-order valence-corrected chi connectivity index (χ0v) is 6.80. The number of carbonyl (C=O) groups is 1. The highest BCUT2D eigenvalue weighted by molar-refractivity contribution is 8.15. The molecule has 0 fully saturated rings. The molecule has 4 nitrogen and oxygen atoms in total. The largest absolute Gasteiger partial charge is 0.468 e. The fourth-order valence-electron chi connectivity index (χ4n) is 0.749. The second kappa shape index (κ2) is 3.17. The Morgan fingerprint density at radius 2 is 2.55 bits per heavy atom. The van der Waals surface area contributed by atoms with Gasteiger partial charge in [0.2, 0.25) is 0 Å². The summed E-state index contributed by atoms with van der Waals surface area (Å²) in [4.78, 5) is 14.7. The Balaban J connectivity index is 2.59. The van der Waals surface area contributed by atoms with Gasteiger partial charge in [0.1, 0.15) is 13.1 Å². The molecular formula is C5H7BN2O2S. The fourth-order valence-corrected chi connectivity index (χ4v) is 1.58. The van der Waals surface area contributed by atoms with Crippen LogP contribution in [0.25, 0.3) is 0 Å². The van der Waals surface area contributed by atoms with Gasteiger partial charge in [-0.3, -0.25) is 9.79 Å². The van der Waals surface area contributed by atoms with Crippen LogP contribution in [0.3, 0.4) is 0 Å². The van der Waals surface area contributed by atoms with Crippen molar-refractivity contribution in [2.75, 3.05) is 7.11 Å². The van der Waals surface area contributed by atoms with Crippen molar-refractivity contribution in [3.63, 3.8) is 0 Å². The van der Waals surface area contributed by atoms with Gasteiger partial charge in [-0.1, -0.05) is 11.8 Å². The molecule has 2 N–H and O–H groups in total. The van der Waals surface area contributed by atoms with E-state index in [1.54, 1.807) is 0 Å². The van der Waals surface area contributed by atoms with Crippen LogP contribution in [-0.4, -0.2) is 37.3 Å². The molecule has 0 amide bonds. The molecule has 0 bridgehead atoms. The highest BCUT2D eigenvalue weighted by Gasteiger charge is 2.31. The molecule has 1 rings (SSSR count). The van der Waals surface area contributed by atoms with Gasteiger partial charge in [-0.15, -0.1) is 0 Å². The molecule has 2 atom stereocenters. The van der Waals surface area contributed by atoms with Gasteiger partial charge < -0.3 is 10.5 Å². The molecule has 1 aliphatic heterocycles. The Morgan fingerprint density at radius 3 is 2.91 bits per heavy atom.